The molecule has 0 bridgehead atoms. The zero-order valence-corrected chi connectivity index (χ0v) is 17.2. The largest absolute Gasteiger partial charge is 0.486 e. The molecular formula is C20H20N2O5S2. The van der Waals surface area contributed by atoms with Crippen molar-refractivity contribution in [1.29, 1.82) is 0 Å². The third kappa shape index (κ3) is 3.65. The maximum absolute atomic E-state index is 13.0. The van der Waals surface area contributed by atoms with Gasteiger partial charge in [-0.2, -0.15) is 4.31 Å². The summed E-state index contributed by atoms with van der Waals surface area (Å²) in [6.45, 7) is 1.71. The van der Waals surface area contributed by atoms with Crippen LogP contribution in [0.1, 0.15) is 12.8 Å². The summed E-state index contributed by atoms with van der Waals surface area (Å²) < 4.78 is 45.7. The Morgan fingerprint density at radius 1 is 1.03 bits per heavy atom. The molecule has 0 atom stereocenters. The minimum absolute atomic E-state index is 0.0396. The minimum Gasteiger partial charge on any atom is -0.486 e. The number of para-hydroxylation sites is 1. The van der Waals surface area contributed by atoms with Gasteiger partial charge in [0.25, 0.3) is 5.19 Å². The second kappa shape index (κ2) is 7.47. The molecule has 3 heterocycles. The summed E-state index contributed by atoms with van der Waals surface area (Å²) in [5, 5.41) is 0.638. The van der Waals surface area contributed by atoms with Gasteiger partial charge in [0, 0.05) is 19.2 Å². The van der Waals surface area contributed by atoms with Gasteiger partial charge in [0.05, 0.1) is 15.1 Å². The van der Waals surface area contributed by atoms with Gasteiger partial charge in [-0.25, -0.2) is 13.4 Å². The zero-order chi connectivity index (χ0) is 19.8. The molecule has 152 valence electrons. The molecule has 1 aromatic heterocycles. The number of rotatable bonds is 4. The highest BCUT2D eigenvalue weighted by Crippen LogP contribution is 2.34. The minimum atomic E-state index is -3.58. The van der Waals surface area contributed by atoms with Gasteiger partial charge in [-0.3, -0.25) is 0 Å². The van der Waals surface area contributed by atoms with Crippen LogP contribution in [0.15, 0.2) is 47.4 Å². The molecule has 29 heavy (non-hydrogen) atoms. The number of piperidine rings is 1. The van der Waals surface area contributed by atoms with Crippen LogP contribution >= 0.6 is 11.3 Å². The van der Waals surface area contributed by atoms with Crippen molar-refractivity contribution in [2.75, 3.05) is 26.3 Å². The smallest absolute Gasteiger partial charge is 0.274 e. The Labute approximate surface area is 172 Å². The number of hydrogen-bond donors (Lipinski definition) is 0. The summed E-state index contributed by atoms with van der Waals surface area (Å²) in [5.41, 5.74) is 0.922. The molecule has 2 aliphatic rings. The maximum Gasteiger partial charge on any atom is 0.274 e. The topological polar surface area (TPSA) is 78.0 Å². The van der Waals surface area contributed by atoms with Crippen molar-refractivity contribution < 1.29 is 22.6 Å². The van der Waals surface area contributed by atoms with E-state index in [0.29, 0.717) is 55.8 Å². The average Bonchev–Trinajstić information content (AvgIpc) is 3.16. The number of hydrogen-bond acceptors (Lipinski definition) is 7. The van der Waals surface area contributed by atoms with Crippen LogP contribution in [0.25, 0.3) is 10.2 Å². The number of ether oxygens (including phenoxy) is 3. The quantitative estimate of drug-likeness (QED) is 0.630. The Balaban J connectivity index is 1.26. The highest BCUT2D eigenvalue weighted by atomic mass is 32.2. The highest BCUT2D eigenvalue weighted by Gasteiger charge is 2.31. The van der Waals surface area contributed by atoms with Crippen molar-refractivity contribution in [3.05, 3.63) is 42.5 Å². The molecule has 0 N–H and O–H groups in total. The molecule has 7 nitrogen and oxygen atoms in total. The first kappa shape index (κ1) is 18.7. The number of nitrogens with zero attached hydrogens (tertiary/aromatic N) is 2. The van der Waals surface area contributed by atoms with E-state index in [9.17, 15) is 8.42 Å². The molecule has 9 heteroatoms. The molecule has 5 rings (SSSR count). The molecule has 3 aromatic rings. The molecule has 0 aliphatic carbocycles. The van der Waals surface area contributed by atoms with E-state index in [4.69, 9.17) is 14.2 Å². The molecule has 0 spiro atoms. The van der Waals surface area contributed by atoms with Crippen molar-refractivity contribution >= 4 is 31.6 Å². The fourth-order valence-electron chi connectivity index (χ4n) is 3.57. The molecule has 0 amide bonds. The lowest BCUT2D eigenvalue weighted by Crippen LogP contribution is -2.41. The van der Waals surface area contributed by atoms with Gasteiger partial charge in [-0.1, -0.05) is 23.5 Å². The third-order valence-corrected chi connectivity index (χ3v) is 7.92. The second-order valence-electron chi connectivity index (χ2n) is 6.97. The van der Waals surface area contributed by atoms with Gasteiger partial charge in [-0.05, 0) is 37.1 Å². The van der Waals surface area contributed by atoms with Crippen molar-refractivity contribution in [3.8, 4) is 16.7 Å². The first-order valence-electron chi connectivity index (χ1n) is 9.52. The monoisotopic (exact) mass is 432 g/mol. The SMILES string of the molecule is O=S(=O)(c1ccc2c(c1)OCCO2)N1CCC(Oc2nc3ccccc3s2)CC1. The van der Waals surface area contributed by atoms with Gasteiger partial charge < -0.3 is 14.2 Å². The summed E-state index contributed by atoms with van der Waals surface area (Å²) in [4.78, 5) is 4.73. The summed E-state index contributed by atoms with van der Waals surface area (Å²) in [6, 6.07) is 12.7. The molecule has 0 radical (unpaired) electrons. The molecule has 2 aliphatic heterocycles. The summed E-state index contributed by atoms with van der Waals surface area (Å²) in [5.74, 6) is 1.06. The Morgan fingerprint density at radius 3 is 2.59 bits per heavy atom. The predicted octanol–water partition coefficient (Wildman–Crippen LogP) is 3.30. The van der Waals surface area contributed by atoms with E-state index in [1.54, 1.807) is 18.2 Å². The van der Waals surface area contributed by atoms with Crippen LogP contribution in [0, 0.1) is 0 Å². The molecular weight excluding hydrogens is 412 g/mol. The molecule has 1 fully saturated rings. The number of thiazole rings is 1. The molecule has 2 aromatic carbocycles. The molecule has 0 unspecified atom stereocenters. The van der Waals surface area contributed by atoms with Gasteiger partial charge >= 0.3 is 0 Å². The third-order valence-electron chi connectivity index (χ3n) is 5.09. The second-order valence-corrected chi connectivity index (χ2v) is 9.91. The zero-order valence-electron chi connectivity index (χ0n) is 15.6. The van der Waals surface area contributed by atoms with E-state index in [1.165, 1.54) is 15.6 Å². The Kier molecular flexibility index (Phi) is 4.81. The number of sulfonamides is 1. The molecule has 1 saturated heterocycles. The van der Waals surface area contributed by atoms with Gasteiger partial charge in [0.15, 0.2) is 11.5 Å². The van der Waals surface area contributed by atoms with Gasteiger partial charge in [0.2, 0.25) is 10.0 Å². The average molecular weight is 433 g/mol. The van der Waals surface area contributed by atoms with Gasteiger partial charge in [0.1, 0.15) is 19.3 Å². The fourth-order valence-corrected chi connectivity index (χ4v) is 5.93. The lowest BCUT2D eigenvalue weighted by Gasteiger charge is -2.31. The number of fused-ring (bicyclic) bond motifs is 2. The van der Waals surface area contributed by atoms with Gasteiger partial charge in [-0.15, -0.1) is 0 Å². The van der Waals surface area contributed by atoms with Crippen LogP contribution in [0.5, 0.6) is 16.7 Å². The van der Waals surface area contributed by atoms with Crippen LogP contribution in [-0.4, -0.2) is 50.1 Å². The van der Waals surface area contributed by atoms with Crippen LogP contribution in [-0.2, 0) is 10.0 Å². The van der Waals surface area contributed by atoms with E-state index >= 15 is 0 Å². The van der Waals surface area contributed by atoms with Crippen molar-refractivity contribution in [2.24, 2.45) is 0 Å². The van der Waals surface area contributed by atoms with E-state index in [2.05, 4.69) is 4.98 Å². The lowest BCUT2D eigenvalue weighted by atomic mass is 10.1. The Hall–Kier alpha value is -2.36. The van der Waals surface area contributed by atoms with E-state index < -0.39 is 10.0 Å². The summed E-state index contributed by atoms with van der Waals surface area (Å²) >= 11 is 1.52. The van der Waals surface area contributed by atoms with Crippen molar-refractivity contribution in [3.63, 3.8) is 0 Å². The molecule has 0 saturated carbocycles. The van der Waals surface area contributed by atoms with Crippen LogP contribution in [0.3, 0.4) is 0 Å². The van der Waals surface area contributed by atoms with E-state index in [1.807, 2.05) is 24.3 Å². The van der Waals surface area contributed by atoms with Crippen molar-refractivity contribution in [2.45, 2.75) is 23.8 Å². The van der Waals surface area contributed by atoms with Crippen LogP contribution in [0.4, 0.5) is 0 Å². The predicted molar refractivity (Wildman–Crippen MR) is 109 cm³/mol. The fraction of sp³-hybridized carbons (Fsp3) is 0.350. The first-order valence-corrected chi connectivity index (χ1v) is 11.8. The summed E-state index contributed by atoms with van der Waals surface area (Å²) in [6.07, 6.45) is 1.21. The maximum atomic E-state index is 13.0. The standard InChI is InChI=1S/C20H20N2O5S2/c23-29(24,15-5-6-17-18(13-15)26-12-11-25-17)22-9-7-14(8-10-22)27-20-21-16-3-1-2-4-19(16)28-20/h1-6,13-14H,7-12H2. The highest BCUT2D eigenvalue weighted by molar-refractivity contribution is 7.89. The van der Waals surface area contributed by atoms with E-state index in [-0.39, 0.29) is 11.0 Å². The number of benzene rings is 2. The summed E-state index contributed by atoms with van der Waals surface area (Å²) in [7, 11) is -3.58. The van der Waals surface area contributed by atoms with Crippen molar-refractivity contribution in [1.82, 2.24) is 9.29 Å². The number of aromatic nitrogens is 1. The Bertz CT molecular complexity index is 1100. The van der Waals surface area contributed by atoms with E-state index in [0.717, 1.165) is 10.2 Å². The lowest BCUT2D eigenvalue weighted by molar-refractivity contribution is 0.135. The Morgan fingerprint density at radius 2 is 1.79 bits per heavy atom. The van der Waals surface area contributed by atoms with Crippen LogP contribution in [0.2, 0.25) is 0 Å². The normalized spacial score (nSPS) is 18.1. The first-order chi connectivity index (χ1) is 14.1. The van der Waals surface area contributed by atoms with Crippen LogP contribution < -0.4 is 14.2 Å².